The van der Waals surface area contributed by atoms with Crippen molar-refractivity contribution in [1.29, 1.82) is 0 Å². The van der Waals surface area contributed by atoms with Crippen molar-refractivity contribution in [2.24, 2.45) is 0 Å². The lowest BCUT2D eigenvalue weighted by atomic mass is 10.1. The van der Waals surface area contributed by atoms with Crippen molar-refractivity contribution in [2.75, 3.05) is 24.6 Å². The van der Waals surface area contributed by atoms with Gasteiger partial charge in [-0.3, -0.25) is 9.63 Å². The molecule has 25 heavy (non-hydrogen) atoms. The van der Waals surface area contributed by atoms with Crippen LogP contribution in [-0.2, 0) is 16.2 Å². The van der Waals surface area contributed by atoms with Crippen LogP contribution in [0.3, 0.4) is 0 Å². The Morgan fingerprint density at radius 2 is 2.24 bits per heavy atom. The van der Waals surface area contributed by atoms with Crippen LogP contribution in [0.4, 0.5) is 5.82 Å². The van der Waals surface area contributed by atoms with Gasteiger partial charge in [-0.2, -0.15) is 4.52 Å². The number of aromatic nitrogens is 6. The summed E-state index contributed by atoms with van der Waals surface area (Å²) in [7, 11) is 0. The topological polar surface area (TPSA) is 93.7 Å². The van der Waals surface area contributed by atoms with Gasteiger partial charge in [0.15, 0.2) is 5.65 Å². The summed E-state index contributed by atoms with van der Waals surface area (Å²) in [6.45, 7) is 2.35. The molecule has 10 heteroatoms. The van der Waals surface area contributed by atoms with Gasteiger partial charge in [0.25, 0.3) is 5.91 Å². The highest BCUT2D eigenvalue weighted by Crippen LogP contribution is 2.27. The number of nitrogens with zero attached hydrogens (tertiary/aromatic N) is 8. The van der Waals surface area contributed by atoms with E-state index < -0.39 is 0 Å². The van der Waals surface area contributed by atoms with Gasteiger partial charge in [0.2, 0.25) is 0 Å². The zero-order valence-electron chi connectivity index (χ0n) is 13.4. The van der Waals surface area contributed by atoms with Gasteiger partial charge in [-0.1, -0.05) is 0 Å². The van der Waals surface area contributed by atoms with E-state index in [0.29, 0.717) is 31.9 Å². The van der Waals surface area contributed by atoms with Crippen molar-refractivity contribution >= 4 is 17.4 Å². The van der Waals surface area contributed by atoms with E-state index in [2.05, 4.69) is 25.2 Å². The molecule has 1 saturated heterocycles. The van der Waals surface area contributed by atoms with E-state index in [1.807, 2.05) is 16.7 Å². The molecule has 0 N–H and O–H groups in total. The Morgan fingerprint density at radius 3 is 3.12 bits per heavy atom. The largest absolute Gasteiger partial charge is 0.347 e. The number of fused-ring (bicyclic) bond motifs is 2. The van der Waals surface area contributed by atoms with E-state index in [9.17, 15) is 4.79 Å². The molecule has 5 heterocycles. The molecule has 0 unspecified atom stereocenters. The van der Waals surface area contributed by atoms with Gasteiger partial charge in [0, 0.05) is 12.7 Å². The molecule has 0 radical (unpaired) electrons. The van der Waals surface area contributed by atoms with Crippen LogP contribution >= 0.6 is 0 Å². The van der Waals surface area contributed by atoms with Gasteiger partial charge < -0.3 is 9.47 Å². The fourth-order valence-corrected chi connectivity index (χ4v) is 3.34. The summed E-state index contributed by atoms with van der Waals surface area (Å²) in [5, 5.41) is 13.8. The zero-order chi connectivity index (χ0) is 16.8. The predicted octanol–water partition coefficient (Wildman–Crippen LogP) is 0.0460. The first-order valence-corrected chi connectivity index (χ1v) is 8.16. The summed E-state index contributed by atoms with van der Waals surface area (Å²) >= 11 is 0. The van der Waals surface area contributed by atoms with Crippen LogP contribution in [0.5, 0.6) is 0 Å². The number of anilines is 1. The molecule has 0 spiro atoms. The van der Waals surface area contributed by atoms with E-state index in [-0.39, 0.29) is 11.9 Å². The SMILES string of the molecule is O=C([C@@H]1CN(c2ccc3nncn3n2)Cc2cncn21)N1CCCO1. The first-order chi connectivity index (χ1) is 12.3. The minimum Gasteiger partial charge on any atom is -0.347 e. The summed E-state index contributed by atoms with van der Waals surface area (Å²) < 4.78 is 3.56. The molecule has 5 rings (SSSR count). The molecule has 0 aliphatic carbocycles. The maximum Gasteiger partial charge on any atom is 0.271 e. The summed E-state index contributed by atoms with van der Waals surface area (Å²) in [5.74, 6) is 0.715. The number of carbonyl (C=O) groups excluding carboxylic acids is 1. The Morgan fingerprint density at radius 1 is 1.28 bits per heavy atom. The summed E-state index contributed by atoms with van der Waals surface area (Å²) in [6.07, 6.45) is 5.93. The van der Waals surface area contributed by atoms with Crippen LogP contribution in [0, 0.1) is 0 Å². The van der Waals surface area contributed by atoms with E-state index in [4.69, 9.17) is 4.84 Å². The fourth-order valence-electron chi connectivity index (χ4n) is 3.34. The van der Waals surface area contributed by atoms with Crippen LogP contribution in [0.25, 0.3) is 5.65 Å². The number of hydrogen-bond acceptors (Lipinski definition) is 7. The quantitative estimate of drug-likeness (QED) is 0.650. The number of imidazole rings is 1. The van der Waals surface area contributed by atoms with Crippen molar-refractivity contribution in [1.82, 2.24) is 34.4 Å². The number of hydroxylamine groups is 2. The van der Waals surface area contributed by atoms with Crippen LogP contribution in [0.15, 0.2) is 31.0 Å². The highest BCUT2D eigenvalue weighted by Gasteiger charge is 2.35. The van der Waals surface area contributed by atoms with Crippen LogP contribution in [0.1, 0.15) is 18.2 Å². The molecule has 0 aromatic carbocycles. The monoisotopic (exact) mass is 340 g/mol. The van der Waals surface area contributed by atoms with Crippen LogP contribution in [-0.4, -0.2) is 60.0 Å². The predicted molar refractivity (Wildman–Crippen MR) is 85.4 cm³/mol. The standard InChI is InChI=1S/C15H16N8O2/c24-15(23-4-1-5-25-23)12-8-20(7-11-6-16-9-21(11)12)14-3-2-13-18-17-10-22(13)19-14/h2-3,6,9-10,12H,1,4-5,7-8H2/t12-/m0/s1. The minimum atomic E-state index is -0.386. The van der Waals surface area contributed by atoms with Crippen molar-refractivity contribution in [2.45, 2.75) is 19.0 Å². The van der Waals surface area contributed by atoms with Crippen LogP contribution in [0.2, 0.25) is 0 Å². The fraction of sp³-hybridized carbons (Fsp3) is 0.400. The molecule has 3 aromatic rings. The molecule has 3 aromatic heterocycles. The Bertz CT molecular complexity index is 928. The smallest absolute Gasteiger partial charge is 0.271 e. The van der Waals surface area contributed by atoms with Gasteiger partial charge in [0.05, 0.1) is 31.7 Å². The molecule has 0 saturated carbocycles. The van der Waals surface area contributed by atoms with Crippen LogP contribution < -0.4 is 4.90 Å². The van der Waals surface area contributed by atoms with E-state index >= 15 is 0 Å². The van der Waals surface area contributed by atoms with Crippen molar-refractivity contribution < 1.29 is 9.63 Å². The second-order valence-corrected chi connectivity index (χ2v) is 6.14. The van der Waals surface area contributed by atoms with E-state index in [0.717, 1.165) is 17.9 Å². The van der Waals surface area contributed by atoms with Gasteiger partial charge in [-0.15, -0.1) is 15.3 Å². The normalized spacial score (nSPS) is 20.2. The molecular weight excluding hydrogens is 324 g/mol. The van der Waals surface area contributed by atoms with Crippen molar-refractivity contribution in [3.63, 3.8) is 0 Å². The molecule has 1 fully saturated rings. The van der Waals surface area contributed by atoms with E-state index in [1.165, 1.54) is 5.06 Å². The van der Waals surface area contributed by atoms with Gasteiger partial charge in [-0.05, 0) is 18.6 Å². The summed E-state index contributed by atoms with van der Waals surface area (Å²) in [5.41, 5.74) is 1.65. The highest BCUT2D eigenvalue weighted by molar-refractivity contribution is 5.81. The number of hydrogen-bond donors (Lipinski definition) is 0. The van der Waals surface area contributed by atoms with Gasteiger partial charge in [-0.25, -0.2) is 10.0 Å². The maximum absolute atomic E-state index is 12.9. The minimum absolute atomic E-state index is 0.0492. The lowest BCUT2D eigenvalue weighted by Crippen LogP contribution is -2.45. The van der Waals surface area contributed by atoms with E-state index in [1.54, 1.807) is 23.4 Å². The second-order valence-electron chi connectivity index (χ2n) is 6.14. The third kappa shape index (κ3) is 2.33. The molecule has 2 aliphatic heterocycles. The lowest BCUT2D eigenvalue weighted by Gasteiger charge is -2.35. The second kappa shape index (κ2) is 5.52. The Labute approximate surface area is 142 Å². The van der Waals surface area contributed by atoms with Crippen molar-refractivity contribution in [3.8, 4) is 0 Å². The average molecular weight is 340 g/mol. The molecule has 10 nitrogen and oxygen atoms in total. The first kappa shape index (κ1) is 14.3. The zero-order valence-corrected chi connectivity index (χ0v) is 13.4. The number of rotatable bonds is 2. The molecule has 128 valence electrons. The first-order valence-electron chi connectivity index (χ1n) is 8.16. The number of carbonyl (C=O) groups is 1. The molecule has 1 amide bonds. The average Bonchev–Trinajstić information content (AvgIpc) is 3.40. The highest BCUT2D eigenvalue weighted by atomic mass is 16.7. The Kier molecular flexibility index (Phi) is 3.17. The Hall–Kier alpha value is -3.01. The summed E-state index contributed by atoms with van der Waals surface area (Å²) in [4.78, 5) is 24.6. The molecule has 2 aliphatic rings. The molecule has 0 bridgehead atoms. The van der Waals surface area contributed by atoms with Gasteiger partial charge >= 0.3 is 0 Å². The number of amides is 1. The van der Waals surface area contributed by atoms with Gasteiger partial charge in [0.1, 0.15) is 18.2 Å². The maximum atomic E-state index is 12.9. The molecular formula is C15H16N8O2. The lowest BCUT2D eigenvalue weighted by molar-refractivity contribution is -0.172. The third-order valence-electron chi connectivity index (χ3n) is 4.58. The summed E-state index contributed by atoms with van der Waals surface area (Å²) in [6, 6.07) is 3.37. The third-order valence-corrected chi connectivity index (χ3v) is 4.58. The van der Waals surface area contributed by atoms with Crippen molar-refractivity contribution in [3.05, 3.63) is 36.7 Å². The Balaban J connectivity index is 1.49. The molecule has 1 atom stereocenters.